The average molecular weight is 262 g/mol. The number of amides is 2. The maximum atomic E-state index is 12.3. The van der Waals surface area contributed by atoms with E-state index in [0.29, 0.717) is 18.7 Å². The lowest BCUT2D eigenvalue weighted by Gasteiger charge is -2.19. The molecule has 1 aromatic heterocycles. The lowest BCUT2D eigenvalue weighted by atomic mass is 10.2. The molecule has 102 valence electrons. The number of nitrogens with one attached hydrogen (secondary N) is 1. The molecule has 2 heterocycles. The molecule has 0 atom stereocenters. The molecule has 0 radical (unpaired) electrons. The highest BCUT2D eigenvalue weighted by Crippen LogP contribution is 2.11. The second kappa shape index (κ2) is 5.69. The Morgan fingerprint density at radius 1 is 1.42 bits per heavy atom. The Labute approximate surface area is 112 Å². The Morgan fingerprint density at radius 3 is 2.84 bits per heavy atom. The lowest BCUT2D eigenvalue weighted by molar-refractivity contribution is -0.121. The summed E-state index contributed by atoms with van der Waals surface area (Å²) in [5, 5.41) is 2.75. The van der Waals surface area contributed by atoms with Crippen LogP contribution in [0.15, 0.2) is 18.3 Å². The van der Waals surface area contributed by atoms with Crippen molar-refractivity contribution in [3.63, 3.8) is 0 Å². The summed E-state index contributed by atoms with van der Waals surface area (Å²) in [6.07, 6.45) is 2.33. The van der Waals surface area contributed by atoms with E-state index in [1.54, 1.807) is 23.2 Å². The van der Waals surface area contributed by atoms with Gasteiger partial charge in [-0.1, -0.05) is 0 Å². The van der Waals surface area contributed by atoms with E-state index in [9.17, 15) is 9.59 Å². The summed E-state index contributed by atoms with van der Waals surface area (Å²) in [7, 11) is 3.78. The van der Waals surface area contributed by atoms with Crippen LogP contribution in [0.4, 0.5) is 5.82 Å². The minimum Gasteiger partial charge on any atom is -0.363 e. The number of pyridine rings is 1. The third-order valence-corrected chi connectivity index (χ3v) is 3.00. The summed E-state index contributed by atoms with van der Waals surface area (Å²) in [6.45, 7) is 1.34. The Hall–Kier alpha value is -2.11. The Kier molecular flexibility index (Phi) is 3.99. The molecule has 0 bridgehead atoms. The van der Waals surface area contributed by atoms with Gasteiger partial charge in [-0.2, -0.15) is 0 Å². The van der Waals surface area contributed by atoms with Crippen LogP contribution in [0.1, 0.15) is 16.8 Å². The van der Waals surface area contributed by atoms with E-state index >= 15 is 0 Å². The van der Waals surface area contributed by atoms with Crippen molar-refractivity contribution < 1.29 is 9.59 Å². The van der Waals surface area contributed by atoms with Crippen molar-refractivity contribution in [3.05, 3.63) is 23.9 Å². The summed E-state index contributed by atoms with van der Waals surface area (Å²) in [5.74, 6) is 0.545. The SMILES string of the molecule is CN(C)c1ccc(C(=O)N2CCCNC(=O)C2)cn1. The highest BCUT2D eigenvalue weighted by Gasteiger charge is 2.21. The van der Waals surface area contributed by atoms with Gasteiger partial charge in [-0.05, 0) is 18.6 Å². The maximum Gasteiger partial charge on any atom is 0.255 e. The molecular formula is C13H18N4O2. The zero-order valence-electron chi connectivity index (χ0n) is 11.2. The molecule has 1 saturated heterocycles. The Morgan fingerprint density at radius 2 is 2.21 bits per heavy atom. The van der Waals surface area contributed by atoms with E-state index in [0.717, 1.165) is 12.2 Å². The standard InChI is InChI=1S/C13H18N4O2/c1-16(2)11-5-4-10(8-15-11)13(19)17-7-3-6-14-12(18)9-17/h4-5,8H,3,6-7,9H2,1-2H3,(H,14,18). The lowest BCUT2D eigenvalue weighted by Crippen LogP contribution is -2.37. The minimum atomic E-state index is -0.144. The van der Waals surface area contributed by atoms with Crippen LogP contribution in [-0.2, 0) is 4.79 Å². The van der Waals surface area contributed by atoms with E-state index in [4.69, 9.17) is 0 Å². The number of aromatic nitrogens is 1. The van der Waals surface area contributed by atoms with Crippen molar-refractivity contribution in [2.75, 3.05) is 38.6 Å². The van der Waals surface area contributed by atoms with Crippen LogP contribution >= 0.6 is 0 Å². The Balaban J connectivity index is 2.11. The van der Waals surface area contributed by atoms with Crippen LogP contribution < -0.4 is 10.2 Å². The van der Waals surface area contributed by atoms with Gasteiger partial charge >= 0.3 is 0 Å². The summed E-state index contributed by atoms with van der Waals surface area (Å²) in [6, 6.07) is 3.54. The van der Waals surface area contributed by atoms with Crippen molar-refractivity contribution in [3.8, 4) is 0 Å². The number of carbonyl (C=O) groups excluding carboxylic acids is 2. The predicted octanol–water partition coefficient (Wildman–Crippen LogP) is 0.110. The molecule has 0 saturated carbocycles. The fraction of sp³-hybridized carbons (Fsp3) is 0.462. The van der Waals surface area contributed by atoms with Gasteiger partial charge in [0.2, 0.25) is 5.91 Å². The first-order valence-corrected chi connectivity index (χ1v) is 6.27. The molecule has 0 spiro atoms. The maximum absolute atomic E-state index is 12.3. The van der Waals surface area contributed by atoms with Gasteiger partial charge in [0.1, 0.15) is 5.82 Å². The summed E-state index contributed by atoms with van der Waals surface area (Å²) in [5.41, 5.74) is 0.514. The molecule has 6 heteroatoms. The fourth-order valence-corrected chi connectivity index (χ4v) is 1.94. The number of nitrogens with zero attached hydrogens (tertiary/aromatic N) is 3. The second-order valence-corrected chi connectivity index (χ2v) is 4.73. The van der Waals surface area contributed by atoms with Gasteiger partial charge in [0.15, 0.2) is 0 Å². The molecule has 1 aliphatic heterocycles. The smallest absolute Gasteiger partial charge is 0.255 e. The van der Waals surface area contributed by atoms with E-state index < -0.39 is 0 Å². The fourth-order valence-electron chi connectivity index (χ4n) is 1.94. The molecule has 1 fully saturated rings. The molecule has 0 unspecified atom stereocenters. The van der Waals surface area contributed by atoms with Crippen LogP contribution in [0, 0.1) is 0 Å². The first-order valence-electron chi connectivity index (χ1n) is 6.27. The molecule has 0 aromatic carbocycles. The van der Waals surface area contributed by atoms with Gasteiger partial charge in [-0.25, -0.2) is 4.98 Å². The van der Waals surface area contributed by atoms with Gasteiger partial charge in [0.25, 0.3) is 5.91 Å². The average Bonchev–Trinajstić information content (AvgIpc) is 2.62. The largest absolute Gasteiger partial charge is 0.363 e. The third-order valence-electron chi connectivity index (χ3n) is 3.00. The Bertz CT molecular complexity index is 470. The number of anilines is 1. The quantitative estimate of drug-likeness (QED) is 0.821. The van der Waals surface area contributed by atoms with Crippen LogP contribution in [-0.4, -0.2) is 55.4 Å². The number of hydrogen-bond donors (Lipinski definition) is 1. The van der Waals surface area contributed by atoms with Crippen LogP contribution in [0.2, 0.25) is 0 Å². The van der Waals surface area contributed by atoms with E-state index in [-0.39, 0.29) is 18.4 Å². The third kappa shape index (κ3) is 3.21. The second-order valence-electron chi connectivity index (χ2n) is 4.73. The molecule has 2 rings (SSSR count). The van der Waals surface area contributed by atoms with E-state index in [2.05, 4.69) is 10.3 Å². The molecule has 0 aliphatic carbocycles. The van der Waals surface area contributed by atoms with Crippen molar-refractivity contribution in [2.45, 2.75) is 6.42 Å². The van der Waals surface area contributed by atoms with Crippen LogP contribution in [0.3, 0.4) is 0 Å². The normalized spacial score (nSPS) is 15.7. The summed E-state index contributed by atoms with van der Waals surface area (Å²) >= 11 is 0. The molecular weight excluding hydrogens is 244 g/mol. The van der Waals surface area contributed by atoms with Gasteiger partial charge < -0.3 is 15.1 Å². The highest BCUT2D eigenvalue weighted by atomic mass is 16.2. The zero-order chi connectivity index (χ0) is 13.8. The van der Waals surface area contributed by atoms with E-state index in [1.807, 2.05) is 19.0 Å². The monoisotopic (exact) mass is 262 g/mol. The molecule has 1 aliphatic rings. The van der Waals surface area contributed by atoms with Crippen LogP contribution in [0.5, 0.6) is 0 Å². The zero-order valence-corrected chi connectivity index (χ0v) is 11.2. The van der Waals surface area contributed by atoms with Gasteiger partial charge in [0.05, 0.1) is 12.1 Å². The van der Waals surface area contributed by atoms with Crippen molar-refractivity contribution in [2.24, 2.45) is 0 Å². The van der Waals surface area contributed by atoms with Gasteiger partial charge in [-0.3, -0.25) is 9.59 Å². The van der Waals surface area contributed by atoms with Crippen LogP contribution in [0.25, 0.3) is 0 Å². The molecule has 6 nitrogen and oxygen atoms in total. The summed E-state index contributed by atoms with van der Waals surface area (Å²) in [4.78, 5) is 31.4. The first-order chi connectivity index (χ1) is 9.08. The molecule has 2 amide bonds. The van der Waals surface area contributed by atoms with Gasteiger partial charge in [0, 0.05) is 33.4 Å². The number of carbonyl (C=O) groups is 2. The topological polar surface area (TPSA) is 65.5 Å². The number of rotatable bonds is 2. The van der Waals surface area contributed by atoms with Crippen molar-refractivity contribution >= 4 is 17.6 Å². The minimum absolute atomic E-state index is 0.108. The van der Waals surface area contributed by atoms with Crippen molar-refractivity contribution in [1.29, 1.82) is 0 Å². The van der Waals surface area contributed by atoms with Gasteiger partial charge in [-0.15, -0.1) is 0 Å². The highest BCUT2D eigenvalue weighted by molar-refractivity contribution is 5.96. The molecule has 1 N–H and O–H groups in total. The molecule has 19 heavy (non-hydrogen) atoms. The number of hydrogen-bond acceptors (Lipinski definition) is 4. The molecule has 1 aromatic rings. The summed E-state index contributed by atoms with van der Waals surface area (Å²) < 4.78 is 0. The van der Waals surface area contributed by atoms with E-state index in [1.165, 1.54) is 0 Å². The van der Waals surface area contributed by atoms with Crippen molar-refractivity contribution in [1.82, 2.24) is 15.2 Å². The first kappa shape index (κ1) is 13.3. The predicted molar refractivity (Wildman–Crippen MR) is 72.1 cm³/mol.